The molecule has 1 aliphatic heterocycles. The lowest BCUT2D eigenvalue weighted by atomic mass is 9.90. The second-order valence-electron chi connectivity index (χ2n) is 9.40. The number of hydrogen-bond acceptors (Lipinski definition) is 5. The zero-order chi connectivity index (χ0) is 24.3. The Labute approximate surface area is 187 Å². The lowest BCUT2D eigenvalue weighted by Crippen LogP contribution is -2.58. The van der Waals surface area contributed by atoms with Crippen LogP contribution in [0.15, 0.2) is 18.2 Å². The first kappa shape index (κ1) is 26.4. The van der Waals surface area contributed by atoms with E-state index in [1.54, 1.807) is 19.9 Å². The Hall–Kier alpha value is -1.88. The van der Waals surface area contributed by atoms with E-state index in [-0.39, 0.29) is 11.8 Å². The number of ether oxygens (including phenoxy) is 1. The predicted octanol–water partition coefficient (Wildman–Crippen LogP) is 3.78. The van der Waals surface area contributed by atoms with Gasteiger partial charge in [0, 0.05) is 35.8 Å². The van der Waals surface area contributed by atoms with Crippen LogP contribution in [0.5, 0.6) is 0 Å². The fourth-order valence-corrected chi connectivity index (χ4v) is 4.91. The average Bonchev–Trinajstić information content (AvgIpc) is 2.59. The van der Waals surface area contributed by atoms with Crippen LogP contribution in [-0.4, -0.2) is 61.1 Å². The van der Waals surface area contributed by atoms with E-state index < -0.39 is 46.2 Å². The van der Waals surface area contributed by atoms with Crippen LogP contribution in [0.25, 0.3) is 0 Å². The van der Waals surface area contributed by atoms with Crippen LogP contribution in [0, 0.1) is 0 Å². The number of likely N-dealkylation sites (tertiary alicyclic amines) is 1. The normalized spacial score (nSPS) is 20.5. The number of carbonyl (C=O) groups excluding carboxylic acids is 1. The summed E-state index contributed by atoms with van der Waals surface area (Å²) in [5, 5.41) is 0. The average molecular weight is 480 g/mol. The van der Waals surface area contributed by atoms with Gasteiger partial charge in [-0.1, -0.05) is 26.8 Å². The van der Waals surface area contributed by atoms with Crippen LogP contribution in [0.4, 0.5) is 18.0 Å². The van der Waals surface area contributed by atoms with Crippen molar-refractivity contribution >= 4 is 16.1 Å². The van der Waals surface area contributed by atoms with Crippen LogP contribution >= 0.6 is 0 Å². The smallest absolute Gasteiger partial charge is 0.410 e. The van der Waals surface area contributed by atoms with E-state index in [0.29, 0.717) is 25.1 Å². The lowest BCUT2D eigenvalue weighted by molar-refractivity contribution is -0.106. The van der Waals surface area contributed by atoms with E-state index in [0.717, 1.165) is 5.69 Å². The van der Waals surface area contributed by atoms with Crippen LogP contribution in [-0.2, 0) is 26.6 Å². The minimum atomic E-state index is -4.87. The van der Waals surface area contributed by atoms with Crippen molar-refractivity contribution in [2.45, 2.75) is 83.7 Å². The fourth-order valence-electron chi connectivity index (χ4n) is 3.66. The summed E-state index contributed by atoms with van der Waals surface area (Å²) in [7, 11) is -4.64. The number of sulfonamides is 1. The molecule has 1 aromatic heterocycles. The van der Waals surface area contributed by atoms with Crippen molar-refractivity contribution in [2.24, 2.45) is 0 Å². The first-order valence-electron chi connectivity index (χ1n) is 10.6. The Balaban J connectivity index is 2.36. The van der Waals surface area contributed by atoms with Crippen molar-refractivity contribution in [3.8, 4) is 0 Å². The molecule has 0 aliphatic carbocycles. The van der Waals surface area contributed by atoms with Crippen LogP contribution in [0.2, 0.25) is 0 Å². The molecule has 0 radical (unpaired) electrons. The Morgan fingerprint density at radius 3 is 2.50 bits per heavy atom. The largest absolute Gasteiger partial charge is 0.447 e. The van der Waals surface area contributed by atoms with Crippen molar-refractivity contribution in [3.05, 3.63) is 29.6 Å². The van der Waals surface area contributed by atoms with Crippen LogP contribution in [0.1, 0.15) is 58.8 Å². The number of amides is 1. The summed E-state index contributed by atoms with van der Waals surface area (Å²) < 4.78 is 70.0. The van der Waals surface area contributed by atoms with Crippen molar-refractivity contribution in [3.63, 3.8) is 0 Å². The molecule has 2 rings (SSSR count). The number of carbonyl (C=O) groups is 1. The molecule has 2 atom stereocenters. The number of halogens is 3. The molecule has 1 N–H and O–H groups in total. The van der Waals surface area contributed by atoms with E-state index in [1.807, 2.05) is 32.9 Å². The Morgan fingerprint density at radius 1 is 1.28 bits per heavy atom. The van der Waals surface area contributed by atoms with E-state index in [9.17, 15) is 26.4 Å². The number of pyridine rings is 1. The number of rotatable bonds is 6. The highest BCUT2D eigenvalue weighted by molar-refractivity contribution is 7.89. The zero-order valence-corrected chi connectivity index (χ0v) is 19.9. The van der Waals surface area contributed by atoms with E-state index in [4.69, 9.17) is 4.74 Å². The highest BCUT2D eigenvalue weighted by atomic mass is 32.2. The van der Waals surface area contributed by atoms with Gasteiger partial charge in [0.25, 0.3) is 0 Å². The Morgan fingerprint density at radius 2 is 1.94 bits per heavy atom. The maximum Gasteiger partial charge on any atom is 0.410 e. The second kappa shape index (κ2) is 9.94. The standard InChI is InChI=1S/C21H32F3N3O4S/c1-14(2)31-19(28)27-11-7-9-16(26-32(29,30)13-21(22,23)24)17(27)12-15-8-6-10-18(25-15)20(3,4)5/h6,8,10,14,16-17,26H,7,9,11-13H2,1-5H3. The SMILES string of the molecule is CC(C)OC(=O)N1CCCC(NS(=O)(=O)CC(F)(F)F)C1Cc1cccc(C(C)(C)C)n1. The molecule has 11 heteroatoms. The molecule has 1 fully saturated rings. The van der Waals surface area contributed by atoms with Gasteiger partial charge < -0.3 is 9.64 Å². The quantitative estimate of drug-likeness (QED) is 0.671. The van der Waals surface area contributed by atoms with Gasteiger partial charge in [-0.2, -0.15) is 13.2 Å². The molecule has 0 saturated carbocycles. The molecule has 0 aromatic carbocycles. The summed E-state index contributed by atoms with van der Waals surface area (Å²) in [6, 6.07) is 3.83. The minimum Gasteiger partial charge on any atom is -0.447 e. The van der Waals surface area contributed by atoms with Crippen molar-refractivity contribution in [1.29, 1.82) is 0 Å². The lowest BCUT2D eigenvalue weighted by Gasteiger charge is -2.41. The second-order valence-corrected chi connectivity index (χ2v) is 11.2. The molecular weight excluding hydrogens is 447 g/mol. The molecule has 182 valence electrons. The van der Waals surface area contributed by atoms with E-state index >= 15 is 0 Å². The summed E-state index contributed by atoms with van der Waals surface area (Å²) >= 11 is 0. The summed E-state index contributed by atoms with van der Waals surface area (Å²) in [6.07, 6.45) is -4.99. The maximum atomic E-state index is 12.7. The number of hydrogen-bond donors (Lipinski definition) is 1. The van der Waals surface area contributed by atoms with E-state index in [2.05, 4.69) is 9.71 Å². The number of alkyl halides is 3. The van der Waals surface area contributed by atoms with Crippen LogP contribution in [0.3, 0.4) is 0 Å². The molecule has 1 aromatic rings. The zero-order valence-electron chi connectivity index (χ0n) is 19.1. The monoisotopic (exact) mass is 479 g/mol. The first-order valence-corrected chi connectivity index (χ1v) is 12.2. The van der Waals surface area contributed by atoms with Gasteiger partial charge in [-0.15, -0.1) is 0 Å². The number of aromatic nitrogens is 1. The van der Waals surface area contributed by atoms with Gasteiger partial charge in [0.05, 0.1) is 12.1 Å². The highest BCUT2D eigenvalue weighted by Gasteiger charge is 2.41. The maximum absolute atomic E-state index is 12.7. The van der Waals surface area contributed by atoms with Crippen LogP contribution < -0.4 is 4.72 Å². The number of piperidine rings is 1. The van der Waals surface area contributed by atoms with E-state index in [1.165, 1.54) is 4.90 Å². The molecule has 2 heterocycles. The molecule has 0 spiro atoms. The molecule has 7 nitrogen and oxygen atoms in total. The molecular formula is C21H32F3N3O4S. The summed E-state index contributed by atoms with van der Waals surface area (Å²) in [4.78, 5) is 18.7. The van der Waals surface area contributed by atoms with Gasteiger partial charge in [-0.3, -0.25) is 4.98 Å². The third-order valence-electron chi connectivity index (χ3n) is 5.03. The Bertz CT molecular complexity index is 898. The Kier molecular flexibility index (Phi) is 8.20. The number of nitrogens with zero attached hydrogens (tertiary/aromatic N) is 2. The minimum absolute atomic E-state index is 0.177. The van der Waals surface area contributed by atoms with Crippen molar-refractivity contribution < 1.29 is 31.1 Å². The fraction of sp³-hybridized carbons (Fsp3) is 0.714. The van der Waals surface area contributed by atoms with Gasteiger partial charge in [0.2, 0.25) is 10.0 Å². The van der Waals surface area contributed by atoms with Gasteiger partial charge in [-0.05, 0) is 38.8 Å². The molecule has 1 amide bonds. The molecule has 2 unspecified atom stereocenters. The third kappa shape index (κ3) is 7.91. The predicted molar refractivity (Wildman–Crippen MR) is 115 cm³/mol. The summed E-state index contributed by atoms with van der Waals surface area (Å²) in [5.41, 5.74) is 1.20. The molecule has 32 heavy (non-hydrogen) atoms. The van der Waals surface area contributed by atoms with Gasteiger partial charge in [0.15, 0.2) is 5.75 Å². The molecule has 1 saturated heterocycles. The topological polar surface area (TPSA) is 88.6 Å². The molecule has 1 aliphatic rings. The van der Waals surface area contributed by atoms with Gasteiger partial charge in [-0.25, -0.2) is 17.9 Å². The first-order chi connectivity index (χ1) is 14.6. The van der Waals surface area contributed by atoms with Crippen molar-refractivity contribution in [2.75, 3.05) is 12.3 Å². The molecule has 0 bridgehead atoms. The van der Waals surface area contributed by atoms with Gasteiger partial charge in [0.1, 0.15) is 0 Å². The van der Waals surface area contributed by atoms with Gasteiger partial charge >= 0.3 is 12.3 Å². The highest BCUT2D eigenvalue weighted by Crippen LogP contribution is 2.26. The third-order valence-corrected chi connectivity index (χ3v) is 6.40. The van der Waals surface area contributed by atoms with Crippen molar-refractivity contribution in [1.82, 2.24) is 14.6 Å². The summed E-state index contributed by atoms with van der Waals surface area (Å²) in [6.45, 7) is 9.69. The summed E-state index contributed by atoms with van der Waals surface area (Å²) in [5.74, 6) is -1.97. The number of nitrogens with one attached hydrogen (secondary N) is 1.